The molecule has 1 aliphatic rings. The summed E-state index contributed by atoms with van der Waals surface area (Å²) in [6, 6.07) is 5.76. The first-order valence-corrected chi connectivity index (χ1v) is 7.61. The fraction of sp³-hybridized carbons (Fsp3) is 0.467. The van der Waals surface area contributed by atoms with Crippen molar-refractivity contribution in [2.24, 2.45) is 5.92 Å². The lowest BCUT2D eigenvalue weighted by atomic mass is 9.99. The number of halogens is 1. The third-order valence-corrected chi connectivity index (χ3v) is 4.52. The average molecular weight is 339 g/mol. The Bertz CT molecular complexity index is 497. The number of carbonyl (C=O) groups excluding carboxylic acids is 2. The van der Waals surface area contributed by atoms with Crippen LogP contribution in [0.25, 0.3) is 0 Å². The molecule has 1 aromatic rings. The van der Waals surface area contributed by atoms with Crippen molar-refractivity contribution < 1.29 is 9.59 Å². The molecule has 2 rings (SSSR count). The van der Waals surface area contributed by atoms with Gasteiger partial charge in [-0.15, -0.1) is 0 Å². The minimum atomic E-state index is -0.00345. The summed E-state index contributed by atoms with van der Waals surface area (Å²) in [6.07, 6.45) is 2.74. The van der Waals surface area contributed by atoms with Gasteiger partial charge in [-0.25, -0.2) is 0 Å². The van der Waals surface area contributed by atoms with E-state index in [1.165, 1.54) is 0 Å². The molecule has 1 aromatic carbocycles. The number of nitrogens with zero attached hydrogens (tertiary/aromatic N) is 1. The van der Waals surface area contributed by atoms with Gasteiger partial charge in [0.15, 0.2) is 0 Å². The van der Waals surface area contributed by atoms with Crippen molar-refractivity contribution in [1.29, 1.82) is 0 Å². The summed E-state index contributed by atoms with van der Waals surface area (Å²) in [7, 11) is 0. The summed E-state index contributed by atoms with van der Waals surface area (Å²) in [4.78, 5) is 24.8. The van der Waals surface area contributed by atoms with Crippen LogP contribution in [0.3, 0.4) is 0 Å². The number of anilines is 1. The van der Waals surface area contributed by atoms with Gasteiger partial charge in [-0.05, 0) is 56.6 Å². The molecule has 0 aromatic heterocycles. The lowest BCUT2D eigenvalue weighted by Gasteiger charge is -2.28. The van der Waals surface area contributed by atoms with Crippen LogP contribution >= 0.6 is 15.9 Å². The van der Waals surface area contributed by atoms with Crippen LogP contribution in [0.1, 0.15) is 18.4 Å². The first-order valence-electron chi connectivity index (χ1n) is 6.82. The number of aldehydes is 1. The van der Waals surface area contributed by atoms with Gasteiger partial charge in [-0.2, -0.15) is 0 Å². The fourth-order valence-corrected chi connectivity index (χ4v) is 2.62. The Balaban J connectivity index is 1.83. The van der Waals surface area contributed by atoms with Crippen molar-refractivity contribution in [3.05, 3.63) is 28.2 Å². The van der Waals surface area contributed by atoms with Crippen molar-refractivity contribution in [2.45, 2.75) is 19.8 Å². The van der Waals surface area contributed by atoms with E-state index in [2.05, 4.69) is 26.1 Å². The molecule has 0 spiro atoms. The number of aryl methyl sites for hydroxylation is 1. The first kappa shape index (κ1) is 15.2. The second-order valence-electron chi connectivity index (χ2n) is 5.26. The zero-order chi connectivity index (χ0) is 14.5. The molecule has 1 fully saturated rings. The van der Waals surface area contributed by atoms with E-state index >= 15 is 0 Å². The Morgan fingerprint density at radius 3 is 2.75 bits per heavy atom. The van der Waals surface area contributed by atoms with Crippen LogP contribution in [-0.2, 0) is 9.59 Å². The summed E-state index contributed by atoms with van der Waals surface area (Å²) in [5, 5.41) is 2.91. The number of piperidine rings is 1. The van der Waals surface area contributed by atoms with E-state index in [1.807, 2.05) is 25.1 Å². The average Bonchev–Trinajstić information content (AvgIpc) is 2.44. The minimum absolute atomic E-state index is 0.00345. The largest absolute Gasteiger partial charge is 0.325 e. The summed E-state index contributed by atoms with van der Waals surface area (Å²) in [5.41, 5.74) is 1.91. The van der Waals surface area contributed by atoms with Gasteiger partial charge >= 0.3 is 0 Å². The highest BCUT2D eigenvalue weighted by Gasteiger charge is 2.20. The maximum atomic E-state index is 12.0. The van der Waals surface area contributed by atoms with E-state index in [9.17, 15) is 9.59 Å². The van der Waals surface area contributed by atoms with E-state index in [4.69, 9.17) is 0 Å². The second-order valence-corrected chi connectivity index (χ2v) is 6.12. The third-order valence-electron chi connectivity index (χ3n) is 3.63. The number of amides is 1. The van der Waals surface area contributed by atoms with Gasteiger partial charge in [-0.1, -0.05) is 15.9 Å². The quantitative estimate of drug-likeness (QED) is 0.858. The van der Waals surface area contributed by atoms with Gasteiger partial charge in [0.1, 0.15) is 6.29 Å². The van der Waals surface area contributed by atoms with E-state index in [0.717, 1.165) is 47.9 Å². The van der Waals surface area contributed by atoms with Gasteiger partial charge in [0.2, 0.25) is 5.91 Å². The monoisotopic (exact) mass is 338 g/mol. The number of benzene rings is 1. The molecule has 0 unspecified atom stereocenters. The Morgan fingerprint density at radius 2 is 2.15 bits per heavy atom. The Hall–Kier alpha value is -1.20. The predicted octanol–water partition coefficient (Wildman–Crippen LogP) is 2.61. The normalized spacial score (nSPS) is 16.9. The SMILES string of the molecule is Cc1cc(NC(=O)CN2CCC(C=O)CC2)ccc1Br. The van der Waals surface area contributed by atoms with Crippen molar-refractivity contribution in [3.63, 3.8) is 0 Å². The third kappa shape index (κ3) is 4.15. The molecule has 1 saturated heterocycles. The van der Waals surface area contributed by atoms with Gasteiger partial charge in [0.25, 0.3) is 0 Å². The highest BCUT2D eigenvalue weighted by atomic mass is 79.9. The van der Waals surface area contributed by atoms with E-state index in [0.29, 0.717) is 6.54 Å². The summed E-state index contributed by atoms with van der Waals surface area (Å²) >= 11 is 3.44. The van der Waals surface area contributed by atoms with Crippen LogP contribution in [0.5, 0.6) is 0 Å². The van der Waals surface area contributed by atoms with Gasteiger partial charge in [0.05, 0.1) is 6.54 Å². The molecule has 108 valence electrons. The van der Waals surface area contributed by atoms with E-state index in [-0.39, 0.29) is 11.8 Å². The smallest absolute Gasteiger partial charge is 0.238 e. The molecule has 1 aliphatic heterocycles. The standard InChI is InChI=1S/C15H19BrN2O2/c1-11-8-13(2-3-14(11)16)17-15(20)9-18-6-4-12(10-19)5-7-18/h2-3,8,10,12H,4-7,9H2,1H3,(H,17,20). The van der Waals surface area contributed by atoms with Crippen LogP contribution in [-0.4, -0.2) is 36.7 Å². The predicted molar refractivity (Wildman–Crippen MR) is 82.7 cm³/mol. The first-order chi connectivity index (χ1) is 9.58. The molecular formula is C15H19BrN2O2. The zero-order valence-electron chi connectivity index (χ0n) is 11.6. The maximum Gasteiger partial charge on any atom is 0.238 e. The molecule has 0 saturated carbocycles. The topological polar surface area (TPSA) is 49.4 Å². The molecule has 1 amide bonds. The molecule has 1 N–H and O–H groups in total. The molecule has 0 bridgehead atoms. The molecular weight excluding hydrogens is 320 g/mol. The van der Waals surface area contributed by atoms with Crippen molar-refractivity contribution >= 4 is 33.8 Å². The number of rotatable bonds is 4. The molecule has 1 heterocycles. The highest BCUT2D eigenvalue weighted by Crippen LogP contribution is 2.20. The van der Waals surface area contributed by atoms with Gasteiger partial charge in [-0.3, -0.25) is 9.69 Å². The fourth-order valence-electron chi connectivity index (χ4n) is 2.37. The number of hydrogen-bond donors (Lipinski definition) is 1. The Labute approximate surface area is 127 Å². The highest BCUT2D eigenvalue weighted by molar-refractivity contribution is 9.10. The number of carbonyl (C=O) groups is 2. The van der Waals surface area contributed by atoms with Crippen molar-refractivity contribution in [3.8, 4) is 0 Å². The Kier molecular flexibility index (Phi) is 5.31. The molecule has 5 heteroatoms. The lowest BCUT2D eigenvalue weighted by molar-refractivity contribution is -0.117. The van der Waals surface area contributed by atoms with Crippen LogP contribution in [0, 0.1) is 12.8 Å². The van der Waals surface area contributed by atoms with Crippen molar-refractivity contribution in [2.75, 3.05) is 25.0 Å². The molecule has 0 atom stereocenters. The summed E-state index contributed by atoms with van der Waals surface area (Å²) in [6.45, 7) is 4.01. The van der Waals surface area contributed by atoms with Gasteiger partial charge < -0.3 is 10.1 Å². The van der Waals surface area contributed by atoms with E-state index in [1.54, 1.807) is 0 Å². The van der Waals surface area contributed by atoms with Crippen molar-refractivity contribution in [1.82, 2.24) is 4.90 Å². The number of hydrogen-bond acceptors (Lipinski definition) is 3. The van der Waals surface area contributed by atoms with Crippen LogP contribution in [0.4, 0.5) is 5.69 Å². The molecule has 20 heavy (non-hydrogen) atoms. The lowest BCUT2D eigenvalue weighted by Crippen LogP contribution is -2.39. The van der Waals surface area contributed by atoms with Crippen LogP contribution in [0.15, 0.2) is 22.7 Å². The maximum absolute atomic E-state index is 12.0. The number of likely N-dealkylation sites (tertiary alicyclic amines) is 1. The minimum Gasteiger partial charge on any atom is -0.325 e. The second kappa shape index (κ2) is 6.99. The Morgan fingerprint density at radius 1 is 1.45 bits per heavy atom. The zero-order valence-corrected chi connectivity index (χ0v) is 13.1. The summed E-state index contributed by atoms with van der Waals surface area (Å²) in [5.74, 6) is 0.166. The number of nitrogens with one attached hydrogen (secondary N) is 1. The molecule has 4 nitrogen and oxygen atoms in total. The molecule has 0 radical (unpaired) electrons. The van der Waals surface area contributed by atoms with Crippen LogP contribution in [0.2, 0.25) is 0 Å². The van der Waals surface area contributed by atoms with E-state index < -0.39 is 0 Å². The summed E-state index contributed by atoms with van der Waals surface area (Å²) < 4.78 is 1.03. The van der Waals surface area contributed by atoms with Crippen LogP contribution < -0.4 is 5.32 Å². The van der Waals surface area contributed by atoms with Gasteiger partial charge in [0, 0.05) is 16.1 Å². The molecule has 0 aliphatic carbocycles.